The Bertz CT molecular complexity index is 1220. The van der Waals surface area contributed by atoms with Gasteiger partial charge < -0.3 is 14.1 Å². The molecule has 31 heavy (non-hydrogen) atoms. The van der Waals surface area contributed by atoms with Crippen LogP contribution in [0.4, 0.5) is 0 Å². The first kappa shape index (κ1) is 20.6. The van der Waals surface area contributed by atoms with Crippen LogP contribution in [0.3, 0.4) is 0 Å². The van der Waals surface area contributed by atoms with Crippen LogP contribution in [0.5, 0.6) is 0 Å². The number of nitrogens with one attached hydrogen (secondary N) is 1. The Morgan fingerprint density at radius 2 is 1.77 bits per heavy atom. The average molecular weight is 416 g/mol. The molecule has 158 valence electrons. The molecule has 6 heteroatoms. The minimum Gasteiger partial charge on any atom is -0.465 e. The van der Waals surface area contributed by atoms with Crippen molar-refractivity contribution in [2.45, 2.75) is 19.5 Å². The summed E-state index contributed by atoms with van der Waals surface area (Å²) in [5.74, 6) is 0.634. The molecule has 2 aromatic carbocycles. The number of ketones is 1. The van der Waals surface area contributed by atoms with Crippen LogP contribution < -0.4 is 0 Å². The van der Waals surface area contributed by atoms with Crippen LogP contribution in [0.15, 0.2) is 71.3 Å². The van der Waals surface area contributed by atoms with Crippen LogP contribution in [0.2, 0.25) is 0 Å². The largest absolute Gasteiger partial charge is 0.465 e. The van der Waals surface area contributed by atoms with Crippen molar-refractivity contribution in [3.8, 4) is 0 Å². The first-order chi connectivity index (χ1) is 15.0. The van der Waals surface area contributed by atoms with Gasteiger partial charge in [0.05, 0.1) is 19.7 Å². The maximum Gasteiger partial charge on any atom is 0.341 e. The lowest BCUT2D eigenvalue weighted by molar-refractivity contribution is 0.0598. The number of fused-ring (bicyclic) bond motifs is 1. The molecule has 0 radical (unpaired) electrons. The van der Waals surface area contributed by atoms with Crippen molar-refractivity contribution in [1.82, 2.24) is 9.88 Å². The second kappa shape index (κ2) is 8.62. The molecule has 0 bridgehead atoms. The summed E-state index contributed by atoms with van der Waals surface area (Å²) in [6.45, 7) is 2.08. The maximum absolute atomic E-state index is 13.7. The van der Waals surface area contributed by atoms with Gasteiger partial charge in [0.15, 0.2) is 5.78 Å². The third kappa shape index (κ3) is 4.02. The molecular weight excluding hydrogens is 392 g/mol. The van der Waals surface area contributed by atoms with Gasteiger partial charge >= 0.3 is 5.97 Å². The number of ether oxygens (including phenoxy) is 1. The molecule has 2 aromatic heterocycles. The highest BCUT2D eigenvalue weighted by Gasteiger charge is 2.29. The molecule has 0 aliphatic heterocycles. The highest BCUT2D eigenvalue weighted by molar-refractivity contribution is 6.10. The fourth-order valence-corrected chi connectivity index (χ4v) is 3.94. The third-order valence-corrected chi connectivity index (χ3v) is 5.44. The van der Waals surface area contributed by atoms with Gasteiger partial charge in [0.1, 0.15) is 17.1 Å². The molecule has 0 amide bonds. The van der Waals surface area contributed by atoms with E-state index >= 15 is 0 Å². The highest BCUT2D eigenvalue weighted by atomic mass is 16.5. The SMILES string of the molecule is COC(=O)c1cc(CN(C)[C@@H](C(=O)c2c[nH]c3ccccc23)c2ccccc2)oc1C. The second-order valence-corrected chi connectivity index (χ2v) is 7.51. The first-order valence-electron chi connectivity index (χ1n) is 10.0. The Hall–Kier alpha value is -3.64. The number of furan rings is 1. The zero-order chi connectivity index (χ0) is 22.0. The van der Waals surface area contributed by atoms with Crippen molar-refractivity contribution < 1.29 is 18.7 Å². The van der Waals surface area contributed by atoms with Crippen LogP contribution in [0.25, 0.3) is 10.9 Å². The van der Waals surface area contributed by atoms with E-state index in [0.717, 1.165) is 16.5 Å². The zero-order valence-electron chi connectivity index (χ0n) is 17.7. The highest BCUT2D eigenvalue weighted by Crippen LogP contribution is 2.30. The lowest BCUT2D eigenvalue weighted by atomic mass is 9.95. The Kier molecular flexibility index (Phi) is 5.73. The number of Topliss-reactive ketones (excluding diaryl/α,β-unsaturated/α-hetero) is 1. The summed E-state index contributed by atoms with van der Waals surface area (Å²) in [5.41, 5.74) is 2.84. The fourth-order valence-electron chi connectivity index (χ4n) is 3.94. The third-order valence-electron chi connectivity index (χ3n) is 5.44. The van der Waals surface area contributed by atoms with Gasteiger partial charge in [0.2, 0.25) is 0 Å². The number of rotatable bonds is 7. The van der Waals surface area contributed by atoms with E-state index in [-0.39, 0.29) is 5.78 Å². The van der Waals surface area contributed by atoms with Crippen LogP contribution in [0, 0.1) is 6.92 Å². The zero-order valence-corrected chi connectivity index (χ0v) is 17.7. The summed E-state index contributed by atoms with van der Waals surface area (Å²) in [6, 6.07) is 18.6. The standard InChI is InChI=1S/C25H24N2O4/c1-16-20(25(29)30-3)13-18(31-16)15-27(2)23(17-9-5-4-6-10-17)24(28)21-14-26-22-12-8-7-11-19(21)22/h4-14,23,26H,15H2,1-3H3/t23-/m1/s1. The lowest BCUT2D eigenvalue weighted by Crippen LogP contribution is -2.30. The molecule has 0 aliphatic rings. The number of hydrogen-bond acceptors (Lipinski definition) is 5. The molecular formula is C25H24N2O4. The van der Waals surface area contributed by atoms with E-state index in [1.165, 1.54) is 7.11 Å². The number of carbonyl (C=O) groups is 2. The van der Waals surface area contributed by atoms with E-state index in [1.54, 1.807) is 19.2 Å². The number of aromatic amines is 1. The monoisotopic (exact) mass is 416 g/mol. The van der Waals surface area contributed by atoms with Gasteiger partial charge in [-0.25, -0.2) is 4.79 Å². The second-order valence-electron chi connectivity index (χ2n) is 7.51. The van der Waals surface area contributed by atoms with Gasteiger partial charge in [-0.05, 0) is 31.7 Å². The molecule has 4 rings (SSSR count). The number of aromatic nitrogens is 1. The molecule has 0 unspecified atom stereocenters. The Morgan fingerprint density at radius 1 is 1.06 bits per heavy atom. The van der Waals surface area contributed by atoms with Gasteiger partial charge in [-0.2, -0.15) is 0 Å². The van der Waals surface area contributed by atoms with Gasteiger partial charge in [0, 0.05) is 22.7 Å². The van der Waals surface area contributed by atoms with Gasteiger partial charge in [-0.15, -0.1) is 0 Å². The van der Waals surface area contributed by atoms with E-state index in [4.69, 9.17) is 9.15 Å². The van der Waals surface area contributed by atoms with Crippen molar-refractivity contribution >= 4 is 22.7 Å². The van der Waals surface area contributed by atoms with Crippen LogP contribution in [0.1, 0.15) is 43.8 Å². The molecule has 2 heterocycles. The molecule has 0 aliphatic carbocycles. The number of methoxy groups -OCH3 is 1. The predicted molar refractivity (Wildman–Crippen MR) is 118 cm³/mol. The Balaban J connectivity index is 1.69. The smallest absolute Gasteiger partial charge is 0.341 e. The topological polar surface area (TPSA) is 75.5 Å². The minimum atomic E-state index is -0.521. The van der Waals surface area contributed by atoms with E-state index in [1.807, 2.05) is 66.5 Å². The van der Waals surface area contributed by atoms with Gasteiger partial charge in [0.25, 0.3) is 0 Å². The number of aryl methyl sites for hydroxylation is 1. The van der Waals surface area contributed by atoms with E-state index in [2.05, 4.69) is 4.98 Å². The van der Waals surface area contributed by atoms with Crippen molar-refractivity contribution in [3.05, 3.63) is 95.1 Å². The van der Waals surface area contributed by atoms with Gasteiger partial charge in [-0.1, -0.05) is 48.5 Å². The number of benzene rings is 2. The van der Waals surface area contributed by atoms with E-state index in [0.29, 0.717) is 29.2 Å². The molecule has 1 N–H and O–H groups in total. The first-order valence-corrected chi connectivity index (χ1v) is 10.0. The molecule has 0 saturated heterocycles. The molecule has 4 aromatic rings. The summed E-state index contributed by atoms with van der Waals surface area (Å²) >= 11 is 0. The Morgan fingerprint density at radius 3 is 2.52 bits per heavy atom. The number of carbonyl (C=O) groups excluding carboxylic acids is 2. The van der Waals surface area contributed by atoms with Crippen LogP contribution in [-0.4, -0.2) is 35.8 Å². The minimum absolute atomic E-state index is 0.0115. The van der Waals surface area contributed by atoms with E-state index in [9.17, 15) is 9.59 Å². The molecule has 0 fully saturated rings. The van der Waals surface area contributed by atoms with Crippen molar-refractivity contribution in [3.63, 3.8) is 0 Å². The quantitative estimate of drug-likeness (QED) is 0.342. The van der Waals surface area contributed by atoms with Crippen molar-refractivity contribution in [1.29, 1.82) is 0 Å². The Labute approximate surface area is 180 Å². The van der Waals surface area contributed by atoms with E-state index < -0.39 is 12.0 Å². The van der Waals surface area contributed by atoms with Crippen molar-refractivity contribution in [2.75, 3.05) is 14.2 Å². The number of para-hydroxylation sites is 1. The lowest BCUT2D eigenvalue weighted by Gasteiger charge is -2.26. The normalized spacial score (nSPS) is 12.3. The number of hydrogen-bond donors (Lipinski definition) is 1. The maximum atomic E-state index is 13.7. The van der Waals surface area contributed by atoms with Crippen LogP contribution in [-0.2, 0) is 11.3 Å². The summed E-state index contributed by atoms with van der Waals surface area (Å²) in [4.78, 5) is 30.7. The summed E-state index contributed by atoms with van der Waals surface area (Å²) < 4.78 is 10.6. The average Bonchev–Trinajstić information content (AvgIpc) is 3.37. The summed E-state index contributed by atoms with van der Waals surface area (Å²) in [5, 5.41) is 0.892. The molecule has 0 spiro atoms. The molecule has 6 nitrogen and oxygen atoms in total. The molecule has 1 atom stereocenters. The number of nitrogens with zero attached hydrogens (tertiary/aromatic N) is 1. The van der Waals surface area contributed by atoms with Crippen LogP contribution >= 0.6 is 0 Å². The predicted octanol–water partition coefficient (Wildman–Crippen LogP) is 4.91. The summed E-state index contributed by atoms with van der Waals surface area (Å²) in [7, 11) is 3.21. The van der Waals surface area contributed by atoms with Crippen molar-refractivity contribution in [2.24, 2.45) is 0 Å². The fraction of sp³-hybridized carbons (Fsp3) is 0.200. The number of likely N-dealkylation sites (N-methyl/N-ethyl adjacent to an activating group) is 1. The summed E-state index contributed by atoms with van der Waals surface area (Å²) in [6.07, 6.45) is 1.77. The number of H-pyrrole nitrogens is 1. The van der Waals surface area contributed by atoms with Gasteiger partial charge in [-0.3, -0.25) is 9.69 Å². The molecule has 0 saturated carbocycles. The number of esters is 1.